The summed E-state index contributed by atoms with van der Waals surface area (Å²) in [6.07, 6.45) is 0. The molecule has 12 heterocycles. The van der Waals surface area contributed by atoms with Crippen LogP contribution in [0.3, 0.4) is 0 Å². The molecule has 16 rings (SSSR count). The highest BCUT2D eigenvalue weighted by molar-refractivity contribution is 14.1. The second-order valence-corrected chi connectivity index (χ2v) is 38.2. The van der Waals surface area contributed by atoms with Crippen LogP contribution in [0.15, 0.2) is 90.7 Å². The van der Waals surface area contributed by atoms with E-state index in [1.54, 1.807) is 0 Å². The Bertz CT molecular complexity index is 4540. The maximum Gasteiger partial charge on any atom is 0.0618 e. The molecule has 0 fully saturated rings. The average molecular weight is 1910 g/mol. The van der Waals surface area contributed by atoms with E-state index < -0.39 is 0 Å². The Morgan fingerprint density at radius 3 is 0.737 bits per heavy atom. The zero-order chi connectivity index (χ0) is 52.1. The highest BCUT2D eigenvalue weighted by Crippen LogP contribution is 2.61. The molecule has 0 unspecified atom stereocenters. The van der Waals surface area contributed by atoms with Gasteiger partial charge in [-0.15, -0.1) is 136 Å². The van der Waals surface area contributed by atoms with Gasteiger partial charge in [0.2, 0.25) is 0 Å². The molecule has 0 bridgehead atoms. The second kappa shape index (κ2) is 20.2. The number of hydrogen-bond acceptors (Lipinski definition) is 12. The van der Waals surface area contributed by atoms with Gasteiger partial charge in [0.15, 0.2) is 0 Å². The summed E-state index contributed by atoms with van der Waals surface area (Å²) >= 11 is 49.5. The van der Waals surface area contributed by atoms with Crippen molar-refractivity contribution in [2.75, 3.05) is 0 Å². The number of benzene rings is 4. The van der Waals surface area contributed by atoms with Gasteiger partial charge in [0, 0.05) is 40.3 Å². The number of aryl methyl sites for hydroxylation is 4. The molecule has 12 aromatic heterocycles. The predicted molar refractivity (Wildman–Crippen MR) is 405 cm³/mol. The van der Waals surface area contributed by atoms with Crippen LogP contribution in [0.2, 0.25) is 0 Å². The van der Waals surface area contributed by atoms with E-state index in [2.05, 4.69) is 255 Å². The summed E-state index contributed by atoms with van der Waals surface area (Å²) in [6, 6.07) is 27.3. The Labute approximate surface area is 570 Å². The number of hydrogen-bond donors (Lipinski definition) is 0. The summed E-state index contributed by atoms with van der Waals surface area (Å²) < 4.78 is 32.8. The lowest BCUT2D eigenvalue weighted by molar-refractivity contribution is 1.52. The molecule has 0 aliphatic rings. The van der Waals surface area contributed by atoms with E-state index in [9.17, 15) is 0 Å². The molecule has 4 aromatic carbocycles. The van der Waals surface area contributed by atoms with Crippen LogP contribution in [0.4, 0.5) is 0 Å². The van der Waals surface area contributed by atoms with Crippen molar-refractivity contribution in [3.05, 3.63) is 127 Å². The van der Waals surface area contributed by atoms with Gasteiger partial charge in [-0.1, -0.05) is 48.5 Å². The van der Waals surface area contributed by atoms with Crippen LogP contribution >= 0.6 is 290 Å². The lowest BCUT2D eigenvalue weighted by Crippen LogP contribution is -1.74. The van der Waals surface area contributed by atoms with E-state index in [4.69, 9.17) is 0 Å². The molecule has 20 heteroatoms. The first kappa shape index (κ1) is 53.4. The van der Waals surface area contributed by atoms with Crippen LogP contribution in [0.25, 0.3) is 136 Å². The van der Waals surface area contributed by atoms with Gasteiger partial charge < -0.3 is 0 Å². The van der Waals surface area contributed by atoms with Gasteiger partial charge in [-0.25, -0.2) is 0 Å². The van der Waals surface area contributed by atoms with Gasteiger partial charge in [0.1, 0.15) is 0 Å². The quantitative estimate of drug-likeness (QED) is 0.154. The summed E-state index contributed by atoms with van der Waals surface area (Å²) in [4.78, 5) is 11.0. The minimum atomic E-state index is 1.19. The van der Waals surface area contributed by atoms with Crippen molar-refractivity contribution in [3.63, 3.8) is 0 Å². The molecule has 0 amide bonds. The topological polar surface area (TPSA) is 0 Å². The van der Waals surface area contributed by atoms with Crippen LogP contribution in [-0.2, 0) is 0 Å². The Hall–Kier alpha value is 0.720. The zero-order valence-electron chi connectivity index (χ0n) is 38.9. The molecule has 0 saturated heterocycles. The molecule has 0 nitrogen and oxygen atoms in total. The van der Waals surface area contributed by atoms with Crippen LogP contribution < -0.4 is 0 Å². The van der Waals surface area contributed by atoms with E-state index in [1.807, 2.05) is 136 Å². The summed E-state index contributed by atoms with van der Waals surface area (Å²) in [6.45, 7) is 8.69. The standard InChI is InChI=1S/C28H12Br4S6.C28H12I4S6/c2*1-9-3-5-11-13(7-9)33-21-15(29)23(35-19(11)21)25-17(31)27-28(37-25)18(32)26(38-27)24-16(30)22-20(36-24)12-6-4-10(2)8-14(12)34-22/h2*3-8H,1-2H3. The smallest absolute Gasteiger partial charge is 0.0618 e. The third-order valence-electron chi connectivity index (χ3n) is 13.3. The molecule has 0 radical (unpaired) electrons. The Morgan fingerprint density at radius 2 is 0.447 bits per heavy atom. The van der Waals surface area contributed by atoms with Crippen LogP contribution in [0.1, 0.15) is 22.3 Å². The van der Waals surface area contributed by atoms with Crippen LogP contribution in [-0.4, -0.2) is 0 Å². The largest absolute Gasteiger partial charge is 0.133 e. The molecule has 0 aliphatic carbocycles. The first-order valence-corrected chi connectivity index (χ1v) is 40.1. The van der Waals surface area contributed by atoms with Crippen LogP contribution in [0.5, 0.6) is 0 Å². The van der Waals surface area contributed by atoms with Gasteiger partial charge in [0.25, 0.3) is 0 Å². The van der Waals surface area contributed by atoms with Crippen LogP contribution in [0, 0.1) is 42.0 Å². The van der Waals surface area contributed by atoms with Crippen molar-refractivity contribution < 1.29 is 0 Å². The second-order valence-electron chi connectivity index (χ2n) is 18.3. The highest BCUT2D eigenvalue weighted by atomic mass is 127. The maximum absolute atomic E-state index is 4.02. The van der Waals surface area contributed by atoms with Gasteiger partial charge in [0.05, 0.1) is 128 Å². The fraction of sp³-hybridized carbons (Fsp3) is 0.0714. The molecular weight excluding hydrogens is 1880 g/mol. The fourth-order valence-electron chi connectivity index (χ4n) is 9.64. The summed E-state index contributed by atoms with van der Waals surface area (Å²) in [5.41, 5.74) is 5.29. The van der Waals surface area contributed by atoms with Gasteiger partial charge >= 0.3 is 0 Å². The summed E-state index contributed by atoms with van der Waals surface area (Å²) in [5, 5.41) is 5.53. The Morgan fingerprint density at radius 1 is 0.250 bits per heavy atom. The normalized spacial score (nSPS) is 12.5. The molecule has 0 saturated carbocycles. The maximum atomic E-state index is 4.02. The molecular formula is C56H24Br4I4S12. The van der Waals surface area contributed by atoms with E-state index in [-0.39, 0.29) is 0 Å². The molecule has 0 spiro atoms. The molecule has 376 valence electrons. The summed E-state index contributed by atoms with van der Waals surface area (Å²) in [7, 11) is 0. The fourth-order valence-corrected chi connectivity index (χ4v) is 36.5. The lowest BCUT2D eigenvalue weighted by Gasteiger charge is -1.99. The third kappa shape index (κ3) is 8.34. The average Bonchev–Trinajstić information content (AvgIpc) is 4.34. The van der Waals surface area contributed by atoms with Crippen molar-refractivity contribution in [1.82, 2.24) is 0 Å². The summed E-state index contributed by atoms with van der Waals surface area (Å²) in [5.74, 6) is 0. The van der Waals surface area contributed by atoms with E-state index >= 15 is 0 Å². The highest BCUT2D eigenvalue weighted by Gasteiger charge is 2.29. The van der Waals surface area contributed by atoms with Gasteiger partial charge in [-0.3, -0.25) is 0 Å². The van der Waals surface area contributed by atoms with E-state index in [1.165, 1.54) is 190 Å². The predicted octanol–water partition coefficient (Wildman–Crippen LogP) is 29.0. The lowest BCUT2D eigenvalue weighted by atomic mass is 10.2. The molecule has 0 aliphatic heterocycles. The van der Waals surface area contributed by atoms with E-state index in [0.717, 1.165) is 0 Å². The van der Waals surface area contributed by atoms with Gasteiger partial charge in [-0.2, -0.15) is 0 Å². The van der Waals surface area contributed by atoms with Crippen molar-refractivity contribution >= 4 is 387 Å². The number of thiophene rings is 12. The Balaban J connectivity index is 0.000000133. The molecule has 16 aromatic rings. The SMILES string of the molecule is Cc1ccc2c(c1)sc1c(Br)c(-c3sc4c(Br)c(-c5sc6c(sc7cc(C)ccc76)c5Br)sc4c3Br)sc12.Cc1ccc2c(c1)sc1c(I)c(-c3sc4c(I)c(-c5sc6c(sc7cc(C)ccc76)c5I)sc4c3I)sc12. The first-order valence-electron chi connectivity index (χ1n) is 22.9. The first-order chi connectivity index (χ1) is 36.6. The Kier molecular flexibility index (Phi) is 14.2. The minimum absolute atomic E-state index is 1.19. The minimum Gasteiger partial charge on any atom is -0.133 e. The van der Waals surface area contributed by atoms with Crippen molar-refractivity contribution in [3.8, 4) is 39.0 Å². The zero-order valence-corrected chi connectivity index (χ0v) is 63.6. The van der Waals surface area contributed by atoms with Crippen molar-refractivity contribution in [1.29, 1.82) is 0 Å². The molecule has 76 heavy (non-hydrogen) atoms. The van der Waals surface area contributed by atoms with E-state index in [0.29, 0.717) is 0 Å². The number of rotatable bonds is 4. The van der Waals surface area contributed by atoms with Gasteiger partial charge in [-0.05, 0) is 228 Å². The monoisotopic (exact) mass is 1900 g/mol. The number of halogens is 8. The number of fused-ring (bicyclic) bond motifs is 14. The third-order valence-corrected chi connectivity index (χ3v) is 41.6. The molecule has 0 atom stereocenters. The van der Waals surface area contributed by atoms with Crippen molar-refractivity contribution in [2.24, 2.45) is 0 Å². The molecule has 0 N–H and O–H groups in total. The van der Waals surface area contributed by atoms with Crippen molar-refractivity contribution in [2.45, 2.75) is 27.7 Å².